The van der Waals surface area contributed by atoms with Crippen molar-refractivity contribution in [2.75, 3.05) is 6.26 Å². The summed E-state index contributed by atoms with van der Waals surface area (Å²) in [6, 6.07) is 6.10. The van der Waals surface area contributed by atoms with Crippen molar-refractivity contribution >= 4 is 26.7 Å². The molecule has 1 aromatic carbocycles. The molecular formula is C31H28F4N4O4S. The molecule has 8 nitrogen and oxygen atoms in total. The van der Waals surface area contributed by atoms with Gasteiger partial charge in [0.25, 0.3) is 0 Å². The number of aliphatic hydroxyl groups excluding tert-OH is 1. The second-order valence-corrected chi connectivity index (χ2v) is 13.0. The van der Waals surface area contributed by atoms with E-state index in [2.05, 4.69) is 15.0 Å². The zero-order valence-electron chi connectivity index (χ0n) is 24.0. The normalized spacial score (nSPS) is 16.0. The quantitative estimate of drug-likeness (QED) is 0.226. The lowest BCUT2D eigenvalue weighted by Crippen LogP contribution is -2.09. The second-order valence-electron chi connectivity index (χ2n) is 11.1. The predicted molar refractivity (Wildman–Crippen MR) is 154 cm³/mol. The zero-order valence-corrected chi connectivity index (χ0v) is 24.9. The van der Waals surface area contributed by atoms with Gasteiger partial charge in [0.2, 0.25) is 0 Å². The first kappa shape index (κ1) is 29.9. The number of aromatic nitrogens is 4. The standard InChI is InChI=1S/C31H28F4N4O4S/c1-16-37-27(31(33,34)35)14-39(16)25-9-8-19(20-12-24(32)23(15-40)26(13-20)44(3,41)42)11-22(25)29-30(43-17(2)38-29)21-5-4-10-36-28(21)18-6-7-18/h4-5,10-14,18,40H,6-9,15H2,1-3H3. The zero-order chi connectivity index (χ0) is 31.6. The Morgan fingerprint density at radius 2 is 1.89 bits per heavy atom. The summed E-state index contributed by atoms with van der Waals surface area (Å²) in [5.41, 5.74) is 2.22. The maximum absolute atomic E-state index is 15.1. The lowest BCUT2D eigenvalue weighted by atomic mass is 9.88. The fourth-order valence-electron chi connectivity index (χ4n) is 5.65. The predicted octanol–water partition coefficient (Wildman–Crippen LogP) is 6.73. The van der Waals surface area contributed by atoms with E-state index in [4.69, 9.17) is 4.42 Å². The van der Waals surface area contributed by atoms with Crippen LogP contribution in [0.1, 0.15) is 71.5 Å². The van der Waals surface area contributed by atoms with Crippen LogP contribution in [0.2, 0.25) is 0 Å². The number of halogens is 4. The van der Waals surface area contributed by atoms with Crippen LogP contribution in [0.15, 0.2) is 52.0 Å². The van der Waals surface area contributed by atoms with E-state index in [1.54, 1.807) is 25.3 Å². The molecule has 2 aliphatic carbocycles. The van der Waals surface area contributed by atoms with Gasteiger partial charge in [-0.05, 0) is 74.1 Å². The lowest BCUT2D eigenvalue weighted by Gasteiger charge is -2.23. The van der Waals surface area contributed by atoms with E-state index in [0.717, 1.165) is 37.1 Å². The van der Waals surface area contributed by atoms with Crippen molar-refractivity contribution in [1.29, 1.82) is 0 Å². The number of allylic oxidation sites excluding steroid dienone is 4. The molecule has 1 fully saturated rings. The number of imidazole rings is 1. The molecular weight excluding hydrogens is 600 g/mol. The monoisotopic (exact) mass is 628 g/mol. The third kappa shape index (κ3) is 5.50. The van der Waals surface area contributed by atoms with Gasteiger partial charge in [0.1, 0.15) is 17.3 Å². The van der Waals surface area contributed by atoms with Crippen LogP contribution in [-0.4, -0.2) is 39.3 Å². The number of aryl methyl sites for hydroxylation is 2. The Morgan fingerprint density at radius 3 is 2.52 bits per heavy atom. The maximum atomic E-state index is 15.1. The van der Waals surface area contributed by atoms with E-state index >= 15 is 4.39 Å². The van der Waals surface area contributed by atoms with Gasteiger partial charge in [-0.2, -0.15) is 13.2 Å². The van der Waals surface area contributed by atoms with Crippen molar-refractivity contribution in [2.24, 2.45) is 0 Å². The van der Waals surface area contributed by atoms with Gasteiger partial charge in [-0.1, -0.05) is 0 Å². The number of rotatable bonds is 7. The van der Waals surface area contributed by atoms with Crippen molar-refractivity contribution in [3.05, 3.63) is 88.5 Å². The van der Waals surface area contributed by atoms with Crippen molar-refractivity contribution < 1.29 is 35.5 Å². The topological polar surface area (TPSA) is 111 Å². The number of benzene rings is 1. The Morgan fingerprint density at radius 1 is 1.14 bits per heavy atom. The molecule has 0 unspecified atom stereocenters. The highest BCUT2D eigenvalue weighted by molar-refractivity contribution is 7.90. The summed E-state index contributed by atoms with van der Waals surface area (Å²) in [6.07, 6.45) is 2.96. The highest BCUT2D eigenvalue weighted by Crippen LogP contribution is 2.47. The van der Waals surface area contributed by atoms with E-state index in [9.17, 15) is 26.7 Å². The van der Waals surface area contributed by atoms with Crippen LogP contribution in [0.4, 0.5) is 17.6 Å². The summed E-state index contributed by atoms with van der Waals surface area (Å²) in [7, 11) is -3.90. The van der Waals surface area contributed by atoms with Crippen molar-refractivity contribution in [1.82, 2.24) is 19.5 Å². The molecule has 1 N–H and O–H groups in total. The molecule has 4 aromatic rings. The Bertz CT molecular complexity index is 1970. The summed E-state index contributed by atoms with van der Waals surface area (Å²) in [4.78, 5) is 12.7. The summed E-state index contributed by atoms with van der Waals surface area (Å²) in [5.74, 6) is 0.202. The van der Waals surface area contributed by atoms with Gasteiger partial charge in [0.05, 0.1) is 17.2 Å². The van der Waals surface area contributed by atoms with E-state index < -0.39 is 34.1 Å². The average Bonchev–Trinajstić information content (AvgIpc) is 3.63. The van der Waals surface area contributed by atoms with Gasteiger partial charge in [-0.15, -0.1) is 0 Å². The number of nitrogens with zero attached hydrogens (tertiary/aromatic N) is 4. The first-order valence-electron chi connectivity index (χ1n) is 13.9. The number of oxazole rings is 1. The highest BCUT2D eigenvalue weighted by Gasteiger charge is 2.36. The fraction of sp³-hybridized carbons (Fsp3) is 0.323. The molecule has 0 bridgehead atoms. The number of sulfone groups is 1. The molecule has 3 aromatic heterocycles. The number of aliphatic hydroxyl groups is 1. The first-order valence-corrected chi connectivity index (χ1v) is 15.8. The molecule has 1 saturated carbocycles. The lowest BCUT2D eigenvalue weighted by molar-refractivity contribution is -0.141. The molecule has 44 heavy (non-hydrogen) atoms. The molecule has 0 spiro atoms. The molecule has 0 amide bonds. The van der Waals surface area contributed by atoms with Crippen LogP contribution in [0.3, 0.4) is 0 Å². The van der Waals surface area contributed by atoms with Crippen molar-refractivity contribution in [3.8, 4) is 11.3 Å². The Labute approximate surface area is 250 Å². The van der Waals surface area contributed by atoms with Crippen LogP contribution >= 0.6 is 0 Å². The number of hydrogen-bond donors (Lipinski definition) is 1. The number of hydrogen-bond acceptors (Lipinski definition) is 7. The highest BCUT2D eigenvalue weighted by atomic mass is 32.2. The number of alkyl halides is 3. The van der Waals surface area contributed by atoms with Gasteiger partial charge in [0.15, 0.2) is 27.2 Å². The third-order valence-corrected chi connectivity index (χ3v) is 9.01. The van der Waals surface area contributed by atoms with Gasteiger partial charge in [-0.25, -0.2) is 22.8 Å². The number of pyridine rings is 1. The Kier molecular flexibility index (Phi) is 7.36. The van der Waals surface area contributed by atoms with E-state index in [1.165, 1.54) is 17.6 Å². The fourth-order valence-corrected chi connectivity index (χ4v) is 6.60. The molecule has 2 aliphatic rings. The second kappa shape index (κ2) is 10.8. The molecule has 13 heteroatoms. The van der Waals surface area contributed by atoms with E-state index in [0.29, 0.717) is 39.8 Å². The van der Waals surface area contributed by atoms with Crippen LogP contribution in [0.25, 0.3) is 28.2 Å². The SMILES string of the molecule is Cc1nc(C2=C(n3cc(C(F)(F)F)nc3C)CCC(c3cc(F)c(CO)c(S(C)(=O)=O)c3)=C2)c(-c2cccnc2C2CC2)o1. The Hall–Kier alpha value is -4.10. The smallest absolute Gasteiger partial charge is 0.434 e. The van der Waals surface area contributed by atoms with Gasteiger partial charge >= 0.3 is 6.18 Å². The molecule has 0 aliphatic heterocycles. The van der Waals surface area contributed by atoms with Crippen molar-refractivity contribution in [2.45, 2.75) is 63.1 Å². The van der Waals surface area contributed by atoms with Gasteiger partial charge in [0, 0.05) is 53.9 Å². The minimum atomic E-state index is -4.66. The van der Waals surface area contributed by atoms with Crippen LogP contribution in [-0.2, 0) is 22.6 Å². The molecule has 0 saturated heterocycles. The van der Waals surface area contributed by atoms with Crippen molar-refractivity contribution in [3.63, 3.8) is 0 Å². The summed E-state index contributed by atoms with van der Waals surface area (Å²) >= 11 is 0. The molecule has 3 heterocycles. The average molecular weight is 629 g/mol. The molecule has 0 atom stereocenters. The van der Waals surface area contributed by atoms with Crippen LogP contribution in [0, 0.1) is 19.7 Å². The minimum absolute atomic E-state index is 0.112. The summed E-state index contributed by atoms with van der Waals surface area (Å²) < 4.78 is 88.6. The largest absolute Gasteiger partial charge is 0.440 e. The molecule has 0 radical (unpaired) electrons. The van der Waals surface area contributed by atoms with E-state index in [-0.39, 0.29) is 40.6 Å². The van der Waals surface area contributed by atoms with Crippen LogP contribution < -0.4 is 0 Å². The van der Waals surface area contributed by atoms with Crippen LogP contribution in [0.5, 0.6) is 0 Å². The summed E-state index contributed by atoms with van der Waals surface area (Å²) in [5, 5.41) is 9.67. The van der Waals surface area contributed by atoms with Gasteiger partial charge < -0.3 is 14.1 Å². The van der Waals surface area contributed by atoms with E-state index in [1.807, 2.05) is 6.07 Å². The Balaban J connectivity index is 1.61. The summed E-state index contributed by atoms with van der Waals surface area (Å²) in [6.45, 7) is 2.33. The minimum Gasteiger partial charge on any atom is -0.440 e. The maximum Gasteiger partial charge on any atom is 0.434 e. The molecule has 230 valence electrons. The third-order valence-electron chi connectivity index (χ3n) is 7.84. The van der Waals surface area contributed by atoms with Gasteiger partial charge in [-0.3, -0.25) is 4.98 Å². The first-order chi connectivity index (χ1) is 20.8. The molecule has 6 rings (SSSR count).